The summed E-state index contributed by atoms with van der Waals surface area (Å²) in [6, 6.07) is 21.8. The molecule has 2 heteroatoms. The van der Waals surface area contributed by atoms with E-state index in [1.165, 1.54) is 24.2 Å². The number of nitrogens with zero attached hydrogens (tertiary/aromatic N) is 1. The first-order valence-corrected chi connectivity index (χ1v) is 7.32. The molecular formula is C18H25NO. The fourth-order valence-corrected chi connectivity index (χ4v) is 2.97. The maximum atomic E-state index is 2.27. The van der Waals surface area contributed by atoms with Crippen molar-refractivity contribution >= 4 is 11.4 Å². The maximum Gasteiger partial charge on any atom is 0.137 e. The van der Waals surface area contributed by atoms with Crippen LogP contribution in [0.25, 0.3) is 0 Å². The molecule has 0 amide bonds. The van der Waals surface area contributed by atoms with E-state index in [0.29, 0.717) is 0 Å². The molecule has 0 aliphatic carbocycles. The van der Waals surface area contributed by atoms with Gasteiger partial charge >= 0.3 is 0 Å². The van der Waals surface area contributed by atoms with Crippen LogP contribution in [-0.2, 0) is 0 Å². The summed E-state index contributed by atoms with van der Waals surface area (Å²) in [5.41, 5.74) is 2.80. The minimum atomic E-state index is 0. The topological polar surface area (TPSA) is 30.0 Å². The molecule has 0 unspecified atom stereocenters. The van der Waals surface area contributed by atoms with Gasteiger partial charge < -0.3 is 5.48 Å². The normalized spacial score (nSPS) is 10.9. The summed E-state index contributed by atoms with van der Waals surface area (Å²) in [6.07, 6.45) is 2.37. The molecule has 20 heavy (non-hydrogen) atoms. The Kier molecular flexibility index (Phi) is 6.43. The zero-order valence-electron chi connectivity index (χ0n) is 12.5. The van der Waals surface area contributed by atoms with Crippen molar-refractivity contribution in [3.8, 4) is 0 Å². The Bertz CT molecular complexity index is 434. The van der Waals surface area contributed by atoms with Crippen molar-refractivity contribution < 1.29 is 5.48 Å². The molecule has 1 N–H and O–H groups in total. The molecule has 0 aliphatic rings. The molecule has 0 saturated carbocycles. The number of para-hydroxylation sites is 2. The predicted molar refractivity (Wildman–Crippen MR) is 86.6 cm³/mol. The summed E-state index contributed by atoms with van der Waals surface area (Å²) in [5.74, 6) is 0. The third kappa shape index (κ3) is 3.27. The molecule has 2 rings (SSSR count). The molecule has 0 atom stereocenters. The van der Waals surface area contributed by atoms with Gasteiger partial charge in [0.05, 0.1) is 13.1 Å². The lowest BCUT2D eigenvalue weighted by molar-refractivity contribution is 0.380. The largest absolute Gasteiger partial charge is 0.870 e. The van der Waals surface area contributed by atoms with Gasteiger partial charge in [0.2, 0.25) is 0 Å². The molecular weight excluding hydrogens is 246 g/mol. The van der Waals surface area contributed by atoms with Gasteiger partial charge in [0, 0.05) is 0 Å². The Labute approximate surface area is 122 Å². The number of benzene rings is 2. The molecule has 0 heterocycles. The fraction of sp³-hybridized carbons (Fsp3) is 0.333. The van der Waals surface area contributed by atoms with Crippen molar-refractivity contribution in [1.82, 2.24) is 4.48 Å². The molecule has 2 nitrogen and oxygen atoms in total. The number of quaternary nitrogens is 1. The van der Waals surface area contributed by atoms with Crippen LogP contribution in [0.3, 0.4) is 0 Å². The fourth-order valence-electron chi connectivity index (χ4n) is 2.97. The summed E-state index contributed by atoms with van der Waals surface area (Å²) in [5, 5.41) is 0. The van der Waals surface area contributed by atoms with Crippen molar-refractivity contribution in [2.45, 2.75) is 26.7 Å². The highest BCUT2D eigenvalue weighted by Gasteiger charge is 2.31. The van der Waals surface area contributed by atoms with Gasteiger partial charge in [-0.15, -0.1) is 0 Å². The highest BCUT2D eigenvalue weighted by Crippen LogP contribution is 2.35. The standard InChI is InChI=1S/C18H24N.H2O/c1-3-15-19(16-4-2,17-11-7-5-8-12-17)18-13-9-6-10-14-18;/h5-14H,3-4,15-16H2,1-2H3;1H2/q+1;/p-1. The monoisotopic (exact) mass is 271 g/mol. The summed E-state index contributed by atoms with van der Waals surface area (Å²) in [4.78, 5) is 0. The van der Waals surface area contributed by atoms with E-state index in [0.717, 1.165) is 17.6 Å². The lowest BCUT2D eigenvalue weighted by Crippen LogP contribution is -2.45. The summed E-state index contributed by atoms with van der Waals surface area (Å²) in [6.45, 7) is 6.85. The number of rotatable bonds is 6. The second-order valence-corrected chi connectivity index (χ2v) is 5.09. The van der Waals surface area contributed by atoms with Crippen LogP contribution < -0.4 is 4.48 Å². The SMILES string of the molecule is CCC[N+](CCC)(c1ccccc1)c1ccccc1.[OH-]. The molecule has 0 aromatic heterocycles. The van der Waals surface area contributed by atoms with Crippen molar-refractivity contribution in [2.75, 3.05) is 13.1 Å². The van der Waals surface area contributed by atoms with Gasteiger partial charge in [-0.1, -0.05) is 50.2 Å². The third-order valence-corrected chi connectivity index (χ3v) is 3.71. The van der Waals surface area contributed by atoms with Crippen LogP contribution in [0.2, 0.25) is 0 Å². The Morgan fingerprint density at radius 2 is 1.00 bits per heavy atom. The van der Waals surface area contributed by atoms with Gasteiger partial charge in [0.15, 0.2) is 0 Å². The average Bonchev–Trinajstić information content (AvgIpc) is 2.49. The van der Waals surface area contributed by atoms with E-state index in [2.05, 4.69) is 74.5 Å². The molecule has 0 saturated heterocycles. The predicted octanol–water partition coefficient (Wildman–Crippen LogP) is 4.97. The lowest BCUT2D eigenvalue weighted by Gasteiger charge is -2.37. The molecule has 0 radical (unpaired) electrons. The van der Waals surface area contributed by atoms with E-state index >= 15 is 0 Å². The molecule has 2 aromatic rings. The molecule has 2 aromatic carbocycles. The van der Waals surface area contributed by atoms with Gasteiger partial charge in [0.25, 0.3) is 0 Å². The minimum absolute atomic E-state index is 0. The van der Waals surface area contributed by atoms with E-state index in [1.807, 2.05) is 0 Å². The van der Waals surface area contributed by atoms with E-state index in [1.54, 1.807) is 0 Å². The zero-order valence-corrected chi connectivity index (χ0v) is 12.5. The smallest absolute Gasteiger partial charge is 0.137 e. The third-order valence-electron chi connectivity index (χ3n) is 3.71. The first-order chi connectivity index (χ1) is 9.33. The van der Waals surface area contributed by atoms with Crippen LogP contribution in [0.15, 0.2) is 60.7 Å². The second kappa shape index (κ2) is 7.83. The van der Waals surface area contributed by atoms with Crippen LogP contribution in [0.4, 0.5) is 11.4 Å². The molecule has 0 aliphatic heterocycles. The zero-order chi connectivity index (χ0) is 13.6. The Morgan fingerprint density at radius 1 is 0.650 bits per heavy atom. The molecule has 108 valence electrons. The summed E-state index contributed by atoms with van der Waals surface area (Å²) < 4.78 is 0.967. The number of hydrogen-bond donors (Lipinski definition) is 0. The highest BCUT2D eigenvalue weighted by molar-refractivity contribution is 5.58. The van der Waals surface area contributed by atoms with E-state index in [9.17, 15) is 0 Å². The highest BCUT2D eigenvalue weighted by atomic mass is 16.0. The summed E-state index contributed by atoms with van der Waals surface area (Å²) in [7, 11) is 0. The molecule has 0 fully saturated rings. The minimum Gasteiger partial charge on any atom is -0.870 e. The van der Waals surface area contributed by atoms with Gasteiger partial charge in [0.1, 0.15) is 11.4 Å². The molecule has 0 bridgehead atoms. The van der Waals surface area contributed by atoms with Crippen LogP contribution in [0.1, 0.15) is 26.7 Å². The van der Waals surface area contributed by atoms with Gasteiger partial charge in [-0.25, -0.2) is 0 Å². The number of hydrogen-bond acceptors (Lipinski definition) is 1. The first-order valence-electron chi connectivity index (χ1n) is 7.32. The van der Waals surface area contributed by atoms with Crippen LogP contribution in [0.5, 0.6) is 0 Å². The van der Waals surface area contributed by atoms with Crippen LogP contribution >= 0.6 is 0 Å². The van der Waals surface area contributed by atoms with E-state index in [-0.39, 0.29) is 5.48 Å². The van der Waals surface area contributed by atoms with Crippen molar-refractivity contribution in [3.05, 3.63) is 60.7 Å². The summed E-state index contributed by atoms with van der Waals surface area (Å²) >= 11 is 0. The van der Waals surface area contributed by atoms with Crippen LogP contribution in [0, 0.1) is 0 Å². The van der Waals surface area contributed by atoms with Gasteiger partial charge in [-0.2, -0.15) is 0 Å². The Hall–Kier alpha value is -1.64. The van der Waals surface area contributed by atoms with Gasteiger partial charge in [-0.3, -0.25) is 4.48 Å². The lowest BCUT2D eigenvalue weighted by atomic mass is 10.1. The van der Waals surface area contributed by atoms with Gasteiger partial charge in [-0.05, 0) is 37.1 Å². The van der Waals surface area contributed by atoms with E-state index in [4.69, 9.17) is 0 Å². The quantitative estimate of drug-likeness (QED) is 0.682. The Balaban J connectivity index is 0.00000200. The molecule has 0 spiro atoms. The van der Waals surface area contributed by atoms with Crippen molar-refractivity contribution in [3.63, 3.8) is 0 Å². The van der Waals surface area contributed by atoms with Crippen molar-refractivity contribution in [1.29, 1.82) is 0 Å². The maximum absolute atomic E-state index is 2.27. The average molecular weight is 271 g/mol. The van der Waals surface area contributed by atoms with Crippen LogP contribution in [-0.4, -0.2) is 18.6 Å². The second-order valence-electron chi connectivity index (χ2n) is 5.09. The first kappa shape index (κ1) is 16.4. The Morgan fingerprint density at radius 3 is 1.30 bits per heavy atom. The van der Waals surface area contributed by atoms with E-state index < -0.39 is 0 Å². The van der Waals surface area contributed by atoms with Crippen molar-refractivity contribution in [2.24, 2.45) is 0 Å².